The molecule has 0 aliphatic heterocycles. The van der Waals surface area contributed by atoms with Gasteiger partial charge in [0.2, 0.25) is 0 Å². The fraction of sp³-hybridized carbons (Fsp3) is 0.143. The summed E-state index contributed by atoms with van der Waals surface area (Å²) in [5.74, 6) is 0. The van der Waals surface area contributed by atoms with Crippen molar-refractivity contribution >= 4 is 6.29 Å². The Morgan fingerprint density at radius 3 is 2.26 bits per heavy atom. The number of rotatable bonds is 2. The van der Waals surface area contributed by atoms with Crippen LogP contribution in [0.5, 0.6) is 0 Å². The SMILES string of the molecule is Cc1c(C=O)cncc1-c1ccc(C(F)(F)F)cc1. The summed E-state index contributed by atoms with van der Waals surface area (Å²) in [5, 5.41) is 0. The van der Waals surface area contributed by atoms with Gasteiger partial charge in [0.05, 0.1) is 5.56 Å². The van der Waals surface area contributed by atoms with Crippen molar-refractivity contribution < 1.29 is 18.0 Å². The smallest absolute Gasteiger partial charge is 0.298 e. The summed E-state index contributed by atoms with van der Waals surface area (Å²) in [6.45, 7) is 1.73. The zero-order valence-corrected chi connectivity index (χ0v) is 10.0. The van der Waals surface area contributed by atoms with Crippen molar-refractivity contribution in [2.45, 2.75) is 13.1 Å². The van der Waals surface area contributed by atoms with Crippen molar-refractivity contribution in [1.29, 1.82) is 0 Å². The number of nitrogens with zero attached hydrogens (tertiary/aromatic N) is 1. The van der Waals surface area contributed by atoms with E-state index >= 15 is 0 Å². The van der Waals surface area contributed by atoms with E-state index < -0.39 is 11.7 Å². The Balaban J connectivity index is 2.46. The van der Waals surface area contributed by atoms with Gasteiger partial charge in [-0.25, -0.2) is 0 Å². The van der Waals surface area contributed by atoms with Gasteiger partial charge in [0.25, 0.3) is 0 Å². The first-order valence-corrected chi connectivity index (χ1v) is 5.51. The Hall–Kier alpha value is -2.17. The average Bonchev–Trinajstić information content (AvgIpc) is 2.38. The molecule has 2 rings (SSSR count). The highest BCUT2D eigenvalue weighted by atomic mass is 19.4. The predicted octanol–water partition coefficient (Wildman–Crippen LogP) is 3.89. The quantitative estimate of drug-likeness (QED) is 0.771. The van der Waals surface area contributed by atoms with Crippen LogP contribution in [0.3, 0.4) is 0 Å². The van der Waals surface area contributed by atoms with Gasteiger partial charge in [0.1, 0.15) is 0 Å². The van der Waals surface area contributed by atoms with Crippen LogP contribution in [0.1, 0.15) is 21.5 Å². The van der Waals surface area contributed by atoms with E-state index in [1.165, 1.54) is 24.5 Å². The number of aromatic nitrogens is 1. The minimum Gasteiger partial charge on any atom is -0.298 e. The third-order valence-corrected chi connectivity index (χ3v) is 2.90. The lowest BCUT2D eigenvalue weighted by molar-refractivity contribution is -0.137. The van der Waals surface area contributed by atoms with Gasteiger partial charge in [-0.2, -0.15) is 13.2 Å². The van der Waals surface area contributed by atoms with Crippen LogP contribution < -0.4 is 0 Å². The molecule has 0 saturated heterocycles. The molecule has 0 aliphatic rings. The number of hydrogen-bond donors (Lipinski definition) is 0. The molecule has 0 amide bonds. The molecular formula is C14H10F3NO. The van der Waals surface area contributed by atoms with Crippen LogP contribution in [0, 0.1) is 6.92 Å². The molecule has 1 heterocycles. The highest BCUT2D eigenvalue weighted by Crippen LogP contribution is 2.31. The maximum Gasteiger partial charge on any atom is 0.416 e. The van der Waals surface area contributed by atoms with Crippen LogP contribution in [-0.4, -0.2) is 11.3 Å². The molecule has 98 valence electrons. The molecule has 0 aliphatic carbocycles. The second kappa shape index (κ2) is 4.84. The topological polar surface area (TPSA) is 30.0 Å². The summed E-state index contributed by atoms with van der Waals surface area (Å²) in [5.41, 5.74) is 1.68. The van der Waals surface area contributed by atoms with Gasteiger partial charge < -0.3 is 0 Å². The Morgan fingerprint density at radius 2 is 1.74 bits per heavy atom. The number of carbonyl (C=O) groups is 1. The number of pyridine rings is 1. The standard InChI is InChI=1S/C14H10F3NO/c1-9-11(8-19)6-18-7-13(9)10-2-4-12(5-3-10)14(15,16)17/h2-8H,1H3. The van der Waals surface area contributed by atoms with Crippen LogP contribution in [0.4, 0.5) is 13.2 Å². The predicted molar refractivity (Wildman–Crippen MR) is 64.8 cm³/mol. The molecule has 1 aromatic heterocycles. The molecular weight excluding hydrogens is 255 g/mol. The van der Waals surface area contributed by atoms with E-state index in [1.54, 1.807) is 6.92 Å². The third-order valence-electron chi connectivity index (χ3n) is 2.90. The molecule has 0 unspecified atom stereocenters. The van der Waals surface area contributed by atoms with E-state index in [-0.39, 0.29) is 0 Å². The molecule has 1 aromatic carbocycles. The molecule has 0 radical (unpaired) electrons. The first-order chi connectivity index (χ1) is 8.93. The van der Waals surface area contributed by atoms with Crippen LogP contribution in [0.2, 0.25) is 0 Å². The third kappa shape index (κ3) is 2.65. The zero-order chi connectivity index (χ0) is 14.0. The van der Waals surface area contributed by atoms with Crippen LogP contribution in [0.15, 0.2) is 36.7 Å². The maximum atomic E-state index is 12.5. The van der Waals surface area contributed by atoms with Crippen molar-refractivity contribution in [2.24, 2.45) is 0 Å². The lowest BCUT2D eigenvalue weighted by atomic mass is 9.99. The van der Waals surface area contributed by atoms with E-state index in [0.29, 0.717) is 28.5 Å². The minimum absolute atomic E-state index is 0.428. The van der Waals surface area contributed by atoms with Gasteiger partial charge in [-0.1, -0.05) is 12.1 Å². The second-order valence-corrected chi connectivity index (χ2v) is 4.09. The fourth-order valence-electron chi connectivity index (χ4n) is 1.79. The first-order valence-electron chi connectivity index (χ1n) is 5.51. The molecule has 0 fully saturated rings. The number of hydrogen-bond acceptors (Lipinski definition) is 2. The van der Waals surface area contributed by atoms with Crippen LogP contribution in [-0.2, 0) is 6.18 Å². The van der Waals surface area contributed by atoms with Crippen molar-refractivity contribution in [3.05, 3.63) is 53.3 Å². The molecule has 2 nitrogen and oxygen atoms in total. The van der Waals surface area contributed by atoms with Gasteiger partial charge in [-0.15, -0.1) is 0 Å². The number of carbonyl (C=O) groups excluding carboxylic acids is 1. The summed E-state index contributed by atoms with van der Waals surface area (Å²) in [4.78, 5) is 14.7. The summed E-state index contributed by atoms with van der Waals surface area (Å²) < 4.78 is 37.4. The molecule has 5 heteroatoms. The van der Waals surface area contributed by atoms with E-state index in [2.05, 4.69) is 4.98 Å². The highest BCUT2D eigenvalue weighted by Gasteiger charge is 2.30. The normalized spacial score (nSPS) is 11.4. The van der Waals surface area contributed by atoms with E-state index in [4.69, 9.17) is 0 Å². The lowest BCUT2D eigenvalue weighted by Crippen LogP contribution is -2.04. The Labute approximate surface area is 107 Å². The largest absolute Gasteiger partial charge is 0.416 e. The summed E-state index contributed by atoms with van der Waals surface area (Å²) in [7, 11) is 0. The number of aldehydes is 1. The summed E-state index contributed by atoms with van der Waals surface area (Å²) >= 11 is 0. The first kappa shape index (κ1) is 13.3. The number of halogens is 3. The molecule has 0 atom stereocenters. The van der Waals surface area contributed by atoms with Crippen molar-refractivity contribution in [2.75, 3.05) is 0 Å². The Morgan fingerprint density at radius 1 is 1.11 bits per heavy atom. The van der Waals surface area contributed by atoms with Gasteiger partial charge in [-0.3, -0.25) is 9.78 Å². The van der Waals surface area contributed by atoms with Gasteiger partial charge >= 0.3 is 6.18 Å². The molecule has 0 saturated carbocycles. The minimum atomic E-state index is -4.35. The van der Waals surface area contributed by atoms with E-state index in [9.17, 15) is 18.0 Å². The van der Waals surface area contributed by atoms with Crippen molar-refractivity contribution in [1.82, 2.24) is 4.98 Å². The Bertz CT molecular complexity index is 603. The second-order valence-electron chi connectivity index (χ2n) is 4.09. The molecule has 2 aromatic rings. The van der Waals surface area contributed by atoms with Crippen LogP contribution >= 0.6 is 0 Å². The van der Waals surface area contributed by atoms with Crippen LogP contribution in [0.25, 0.3) is 11.1 Å². The fourth-order valence-corrected chi connectivity index (χ4v) is 1.79. The van der Waals surface area contributed by atoms with Crippen molar-refractivity contribution in [3.63, 3.8) is 0 Å². The molecule has 0 N–H and O–H groups in total. The van der Waals surface area contributed by atoms with E-state index in [1.807, 2.05) is 0 Å². The Kier molecular flexibility index (Phi) is 3.38. The van der Waals surface area contributed by atoms with Gasteiger partial charge in [0.15, 0.2) is 6.29 Å². The number of benzene rings is 1. The zero-order valence-electron chi connectivity index (χ0n) is 10.0. The van der Waals surface area contributed by atoms with Crippen molar-refractivity contribution in [3.8, 4) is 11.1 Å². The maximum absolute atomic E-state index is 12.5. The monoisotopic (exact) mass is 265 g/mol. The summed E-state index contributed by atoms with van der Waals surface area (Å²) in [6.07, 6.45) is -0.715. The number of alkyl halides is 3. The summed E-state index contributed by atoms with van der Waals surface area (Å²) in [6, 6.07) is 4.79. The molecule has 0 bridgehead atoms. The van der Waals surface area contributed by atoms with E-state index in [0.717, 1.165) is 12.1 Å². The van der Waals surface area contributed by atoms with Gasteiger partial charge in [-0.05, 0) is 30.2 Å². The highest BCUT2D eigenvalue weighted by molar-refractivity contribution is 5.81. The molecule has 0 spiro atoms. The lowest BCUT2D eigenvalue weighted by Gasteiger charge is -2.10. The van der Waals surface area contributed by atoms with Gasteiger partial charge in [0, 0.05) is 23.5 Å². The molecule has 19 heavy (non-hydrogen) atoms. The average molecular weight is 265 g/mol.